The second-order valence-electron chi connectivity index (χ2n) is 7.14. The van der Waals surface area contributed by atoms with E-state index in [1.54, 1.807) is 48.1 Å². The Bertz CT molecular complexity index is 1060. The quantitative estimate of drug-likeness (QED) is 0.630. The average molecular weight is 409 g/mol. The summed E-state index contributed by atoms with van der Waals surface area (Å²) in [6.45, 7) is 3.71. The van der Waals surface area contributed by atoms with Gasteiger partial charge in [-0.3, -0.25) is 9.48 Å². The second kappa shape index (κ2) is 8.90. The first-order chi connectivity index (χ1) is 14.3. The van der Waals surface area contributed by atoms with Gasteiger partial charge in [-0.1, -0.05) is 24.3 Å². The van der Waals surface area contributed by atoms with Gasteiger partial charge in [0.1, 0.15) is 5.82 Å². The maximum atomic E-state index is 13.2. The van der Waals surface area contributed by atoms with Crippen LogP contribution in [0.1, 0.15) is 56.2 Å². The van der Waals surface area contributed by atoms with Crippen molar-refractivity contribution in [3.8, 4) is 0 Å². The number of nitrogens with zero attached hydrogens (tertiary/aromatic N) is 2. The Balaban J connectivity index is 1.79. The van der Waals surface area contributed by atoms with Gasteiger partial charge in [-0.15, -0.1) is 0 Å². The van der Waals surface area contributed by atoms with Crippen LogP contribution < -0.4 is 5.32 Å². The number of rotatable bonds is 6. The standard InChI is InChI=1S/C23H24FN3O3/c1-14(17-7-9-18(10-8-17)23(29)30-4)25-22(28)21-15(2)27(3)26-20(21)13-16-5-11-19(24)12-6-16/h5-12,14H,13H2,1-4H3,(H,25,28)/t14-/m0/s1. The number of halogens is 1. The summed E-state index contributed by atoms with van der Waals surface area (Å²) in [7, 11) is 3.12. The van der Waals surface area contributed by atoms with Crippen LogP contribution in [0.3, 0.4) is 0 Å². The molecule has 0 radical (unpaired) electrons. The number of benzene rings is 2. The zero-order chi connectivity index (χ0) is 21.8. The molecule has 1 heterocycles. The van der Waals surface area contributed by atoms with Crippen molar-refractivity contribution in [1.29, 1.82) is 0 Å². The number of amides is 1. The molecule has 6 nitrogen and oxygen atoms in total. The Morgan fingerprint density at radius 3 is 2.37 bits per heavy atom. The first-order valence-electron chi connectivity index (χ1n) is 9.56. The molecule has 3 rings (SSSR count). The van der Waals surface area contributed by atoms with E-state index in [-0.39, 0.29) is 17.8 Å². The van der Waals surface area contributed by atoms with E-state index in [1.807, 2.05) is 13.8 Å². The molecule has 2 aromatic carbocycles. The molecule has 0 unspecified atom stereocenters. The fourth-order valence-corrected chi connectivity index (χ4v) is 3.27. The molecular weight excluding hydrogens is 385 g/mol. The van der Waals surface area contributed by atoms with E-state index in [9.17, 15) is 14.0 Å². The van der Waals surface area contributed by atoms with Crippen LogP contribution in [0, 0.1) is 12.7 Å². The van der Waals surface area contributed by atoms with Gasteiger partial charge in [-0.25, -0.2) is 9.18 Å². The molecule has 156 valence electrons. The predicted octanol–water partition coefficient (Wildman–Crippen LogP) is 3.74. The Kier molecular flexibility index (Phi) is 6.30. The van der Waals surface area contributed by atoms with E-state index in [1.165, 1.54) is 19.2 Å². The van der Waals surface area contributed by atoms with Crippen LogP contribution in [0.4, 0.5) is 4.39 Å². The molecule has 3 aromatic rings. The number of aromatic nitrogens is 2. The summed E-state index contributed by atoms with van der Waals surface area (Å²) >= 11 is 0. The number of carbonyl (C=O) groups is 2. The van der Waals surface area contributed by atoms with Crippen molar-refractivity contribution in [3.05, 3.63) is 88.0 Å². The van der Waals surface area contributed by atoms with Crippen LogP contribution in [0.2, 0.25) is 0 Å². The van der Waals surface area contributed by atoms with Gasteiger partial charge >= 0.3 is 5.97 Å². The van der Waals surface area contributed by atoms with Crippen LogP contribution in [0.15, 0.2) is 48.5 Å². The minimum absolute atomic E-state index is 0.234. The van der Waals surface area contributed by atoms with E-state index in [2.05, 4.69) is 10.4 Å². The zero-order valence-electron chi connectivity index (χ0n) is 17.4. The fourth-order valence-electron chi connectivity index (χ4n) is 3.27. The Hall–Kier alpha value is -3.48. The van der Waals surface area contributed by atoms with Gasteiger partial charge in [-0.05, 0) is 49.2 Å². The Morgan fingerprint density at radius 1 is 1.13 bits per heavy atom. The van der Waals surface area contributed by atoms with Crippen molar-refractivity contribution in [1.82, 2.24) is 15.1 Å². The van der Waals surface area contributed by atoms with Gasteiger partial charge in [0.05, 0.1) is 30.0 Å². The molecular formula is C23H24FN3O3. The number of methoxy groups -OCH3 is 1. The number of esters is 1. The highest BCUT2D eigenvalue weighted by Gasteiger charge is 2.22. The van der Waals surface area contributed by atoms with Crippen LogP contribution in [-0.4, -0.2) is 28.8 Å². The highest BCUT2D eigenvalue weighted by Crippen LogP contribution is 2.20. The monoisotopic (exact) mass is 409 g/mol. The number of nitrogens with one attached hydrogen (secondary N) is 1. The van der Waals surface area contributed by atoms with Gasteiger partial charge in [0.2, 0.25) is 0 Å². The van der Waals surface area contributed by atoms with Crippen LogP contribution in [0.5, 0.6) is 0 Å². The van der Waals surface area contributed by atoms with Gasteiger partial charge in [0, 0.05) is 19.2 Å². The van der Waals surface area contributed by atoms with E-state index in [0.717, 1.165) is 16.8 Å². The molecule has 1 amide bonds. The largest absolute Gasteiger partial charge is 0.465 e. The lowest BCUT2D eigenvalue weighted by Gasteiger charge is -2.15. The number of hydrogen-bond donors (Lipinski definition) is 1. The van der Waals surface area contributed by atoms with Crippen LogP contribution in [0.25, 0.3) is 0 Å². The lowest BCUT2D eigenvalue weighted by Crippen LogP contribution is -2.28. The summed E-state index contributed by atoms with van der Waals surface area (Å²) in [4.78, 5) is 24.6. The number of carbonyl (C=O) groups excluding carboxylic acids is 2. The van der Waals surface area contributed by atoms with E-state index in [0.29, 0.717) is 23.2 Å². The SMILES string of the molecule is COC(=O)c1ccc([C@H](C)NC(=O)c2c(Cc3ccc(F)cc3)nn(C)c2C)cc1. The summed E-state index contributed by atoms with van der Waals surface area (Å²) in [5, 5.41) is 7.48. The third-order valence-corrected chi connectivity index (χ3v) is 5.10. The smallest absolute Gasteiger partial charge is 0.337 e. The summed E-state index contributed by atoms with van der Waals surface area (Å²) in [6, 6.07) is 12.8. The molecule has 1 aromatic heterocycles. The van der Waals surface area contributed by atoms with Crippen molar-refractivity contribution in [3.63, 3.8) is 0 Å². The lowest BCUT2D eigenvalue weighted by molar-refractivity contribution is 0.0600. The first kappa shape index (κ1) is 21.2. The van der Waals surface area contributed by atoms with Crippen molar-refractivity contribution >= 4 is 11.9 Å². The van der Waals surface area contributed by atoms with Crippen molar-refractivity contribution < 1.29 is 18.7 Å². The molecule has 0 saturated heterocycles. The van der Waals surface area contributed by atoms with Crippen molar-refractivity contribution in [2.75, 3.05) is 7.11 Å². The van der Waals surface area contributed by atoms with Gasteiger partial charge in [0.25, 0.3) is 5.91 Å². The molecule has 0 bridgehead atoms. The maximum Gasteiger partial charge on any atom is 0.337 e. The fraction of sp³-hybridized carbons (Fsp3) is 0.261. The van der Waals surface area contributed by atoms with Crippen LogP contribution >= 0.6 is 0 Å². The number of hydrogen-bond acceptors (Lipinski definition) is 4. The molecule has 0 aliphatic heterocycles. The summed E-state index contributed by atoms with van der Waals surface area (Å²) in [5.41, 5.74) is 4.07. The van der Waals surface area contributed by atoms with Crippen LogP contribution in [-0.2, 0) is 18.2 Å². The third kappa shape index (κ3) is 4.56. The molecule has 0 aliphatic rings. The molecule has 0 aliphatic carbocycles. The van der Waals surface area contributed by atoms with E-state index >= 15 is 0 Å². The molecule has 1 N–H and O–H groups in total. The molecule has 30 heavy (non-hydrogen) atoms. The minimum atomic E-state index is -0.408. The first-order valence-corrected chi connectivity index (χ1v) is 9.56. The second-order valence-corrected chi connectivity index (χ2v) is 7.14. The third-order valence-electron chi connectivity index (χ3n) is 5.10. The van der Waals surface area contributed by atoms with E-state index in [4.69, 9.17) is 4.74 Å². The average Bonchev–Trinajstić information content (AvgIpc) is 3.02. The van der Waals surface area contributed by atoms with E-state index < -0.39 is 5.97 Å². The summed E-state index contributed by atoms with van der Waals surface area (Å²) in [6.07, 6.45) is 0.424. The summed E-state index contributed by atoms with van der Waals surface area (Å²) < 4.78 is 19.6. The maximum absolute atomic E-state index is 13.2. The Morgan fingerprint density at radius 2 is 1.77 bits per heavy atom. The van der Waals surface area contributed by atoms with Gasteiger partial charge < -0.3 is 10.1 Å². The van der Waals surface area contributed by atoms with Gasteiger partial charge in [-0.2, -0.15) is 5.10 Å². The van der Waals surface area contributed by atoms with Crippen molar-refractivity contribution in [2.24, 2.45) is 7.05 Å². The lowest BCUT2D eigenvalue weighted by atomic mass is 10.0. The van der Waals surface area contributed by atoms with Gasteiger partial charge in [0.15, 0.2) is 0 Å². The summed E-state index contributed by atoms with van der Waals surface area (Å²) in [5.74, 6) is -0.946. The molecule has 0 saturated carbocycles. The van der Waals surface area contributed by atoms with Crippen molar-refractivity contribution in [2.45, 2.75) is 26.3 Å². The predicted molar refractivity (Wildman–Crippen MR) is 111 cm³/mol. The number of aryl methyl sites for hydroxylation is 1. The normalized spacial score (nSPS) is 11.8. The zero-order valence-corrected chi connectivity index (χ0v) is 17.4. The Labute approximate surface area is 174 Å². The number of ether oxygens (including phenoxy) is 1. The topological polar surface area (TPSA) is 73.2 Å². The highest BCUT2D eigenvalue weighted by atomic mass is 19.1. The molecule has 7 heteroatoms. The minimum Gasteiger partial charge on any atom is -0.465 e. The molecule has 0 spiro atoms. The molecule has 0 fully saturated rings. The highest BCUT2D eigenvalue weighted by molar-refractivity contribution is 5.97. The molecule has 1 atom stereocenters.